The molecule has 6 heteroatoms. The first-order chi connectivity index (χ1) is 8.13. The monoisotopic (exact) mass is 267 g/mol. The van der Waals surface area contributed by atoms with Gasteiger partial charge >= 0.3 is 0 Å². The molecule has 0 aliphatic rings. The number of nitrogen functional groups attached to an aromatic ring is 1. The molecule has 2 aromatic rings. The quantitative estimate of drug-likeness (QED) is 0.837. The van der Waals surface area contributed by atoms with E-state index < -0.39 is 0 Å². The average Bonchev–Trinajstić information content (AvgIpc) is 2.27. The highest BCUT2D eigenvalue weighted by Gasteiger charge is 2.00. The lowest BCUT2D eigenvalue weighted by Gasteiger charge is -2.02. The average molecular weight is 268 g/mol. The van der Waals surface area contributed by atoms with E-state index in [1.54, 1.807) is 11.8 Å². The fourth-order valence-corrected chi connectivity index (χ4v) is 2.17. The Morgan fingerprint density at radius 3 is 2.71 bits per heavy atom. The number of rotatable bonds is 3. The molecule has 0 radical (unpaired) electrons. The van der Waals surface area contributed by atoms with Crippen molar-refractivity contribution in [2.75, 3.05) is 5.73 Å². The zero-order chi connectivity index (χ0) is 12.3. The molecular weight excluding hydrogens is 258 g/mol. The minimum Gasteiger partial charge on any atom is -0.383 e. The first-order valence-electron chi connectivity index (χ1n) is 4.87. The van der Waals surface area contributed by atoms with Crippen molar-refractivity contribution in [2.24, 2.45) is 0 Å². The maximum atomic E-state index is 11.2. The van der Waals surface area contributed by atoms with Crippen LogP contribution in [0.5, 0.6) is 0 Å². The summed E-state index contributed by atoms with van der Waals surface area (Å²) in [4.78, 5) is 18.9. The van der Waals surface area contributed by atoms with Gasteiger partial charge in [-0.25, -0.2) is 4.98 Å². The van der Waals surface area contributed by atoms with Gasteiger partial charge in [-0.05, 0) is 24.3 Å². The number of anilines is 1. The van der Waals surface area contributed by atoms with Gasteiger partial charge in [0.25, 0.3) is 5.56 Å². The Balaban J connectivity index is 2.07. The normalized spacial score (nSPS) is 10.4. The molecule has 0 aliphatic carbocycles. The van der Waals surface area contributed by atoms with Gasteiger partial charge in [0, 0.05) is 16.0 Å². The van der Waals surface area contributed by atoms with Crippen LogP contribution in [0.1, 0.15) is 5.82 Å². The minimum absolute atomic E-state index is 0.232. The van der Waals surface area contributed by atoms with Crippen LogP contribution >= 0.6 is 23.4 Å². The van der Waals surface area contributed by atoms with Crippen molar-refractivity contribution in [2.45, 2.75) is 10.6 Å². The SMILES string of the molecule is Nc1cc(=O)[nH]c(CSc2ccc(Cl)cc2)n1. The lowest BCUT2D eigenvalue weighted by molar-refractivity contribution is 1.01. The van der Waals surface area contributed by atoms with Crippen LogP contribution in [0.15, 0.2) is 40.0 Å². The van der Waals surface area contributed by atoms with E-state index in [1.165, 1.54) is 6.07 Å². The van der Waals surface area contributed by atoms with Gasteiger partial charge in [0.15, 0.2) is 0 Å². The lowest BCUT2D eigenvalue weighted by atomic mass is 10.4. The number of halogens is 1. The summed E-state index contributed by atoms with van der Waals surface area (Å²) in [7, 11) is 0. The summed E-state index contributed by atoms with van der Waals surface area (Å²) in [5.41, 5.74) is 5.26. The fraction of sp³-hybridized carbons (Fsp3) is 0.0909. The summed E-state index contributed by atoms with van der Waals surface area (Å²) < 4.78 is 0. The van der Waals surface area contributed by atoms with Crippen LogP contribution < -0.4 is 11.3 Å². The fourth-order valence-electron chi connectivity index (χ4n) is 1.28. The Morgan fingerprint density at radius 2 is 2.06 bits per heavy atom. The molecular formula is C11H10ClN3OS. The van der Waals surface area contributed by atoms with Crippen LogP contribution in [0.2, 0.25) is 5.02 Å². The summed E-state index contributed by atoms with van der Waals surface area (Å²) in [5, 5.41) is 0.699. The molecule has 1 heterocycles. The highest BCUT2D eigenvalue weighted by atomic mass is 35.5. The highest BCUT2D eigenvalue weighted by molar-refractivity contribution is 7.98. The van der Waals surface area contributed by atoms with Crippen molar-refractivity contribution in [1.82, 2.24) is 9.97 Å². The molecule has 88 valence electrons. The van der Waals surface area contributed by atoms with Crippen molar-refractivity contribution in [3.8, 4) is 0 Å². The van der Waals surface area contributed by atoms with Crippen LogP contribution in [0.25, 0.3) is 0 Å². The Bertz CT molecular complexity index is 568. The van der Waals surface area contributed by atoms with Crippen molar-refractivity contribution in [3.05, 3.63) is 51.5 Å². The third-order valence-corrected chi connectivity index (χ3v) is 3.27. The van der Waals surface area contributed by atoms with E-state index in [1.807, 2.05) is 24.3 Å². The summed E-state index contributed by atoms with van der Waals surface area (Å²) in [6.07, 6.45) is 0. The molecule has 0 saturated heterocycles. The second kappa shape index (κ2) is 5.25. The standard InChI is InChI=1S/C11H10ClN3OS/c12-7-1-3-8(4-2-7)17-6-10-14-9(13)5-11(16)15-10/h1-5H,6H2,(H3,13,14,15,16). The number of benzene rings is 1. The Kier molecular flexibility index (Phi) is 3.71. The summed E-state index contributed by atoms with van der Waals surface area (Å²) in [6, 6.07) is 8.73. The third-order valence-electron chi connectivity index (χ3n) is 2.00. The molecule has 1 aromatic heterocycles. The molecule has 0 spiro atoms. The van der Waals surface area contributed by atoms with E-state index in [-0.39, 0.29) is 11.4 Å². The maximum absolute atomic E-state index is 11.2. The van der Waals surface area contributed by atoms with Crippen LogP contribution in [-0.2, 0) is 5.75 Å². The summed E-state index contributed by atoms with van der Waals surface area (Å²) in [6.45, 7) is 0. The Morgan fingerprint density at radius 1 is 1.35 bits per heavy atom. The Hall–Kier alpha value is -1.46. The van der Waals surface area contributed by atoms with E-state index in [9.17, 15) is 4.79 Å². The highest BCUT2D eigenvalue weighted by Crippen LogP contribution is 2.22. The number of hydrogen-bond donors (Lipinski definition) is 2. The van der Waals surface area contributed by atoms with E-state index in [0.717, 1.165) is 4.90 Å². The van der Waals surface area contributed by atoms with Crippen molar-refractivity contribution < 1.29 is 0 Å². The van der Waals surface area contributed by atoms with Gasteiger partial charge < -0.3 is 10.7 Å². The molecule has 0 saturated carbocycles. The van der Waals surface area contributed by atoms with Gasteiger partial charge in [0.05, 0.1) is 5.75 Å². The van der Waals surface area contributed by atoms with Gasteiger partial charge in [-0.2, -0.15) is 0 Å². The number of nitrogens with one attached hydrogen (secondary N) is 1. The maximum Gasteiger partial charge on any atom is 0.252 e. The number of aromatic amines is 1. The van der Waals surface area contributed by atoms with Crippen LogP contribution in [-0.4, -0.2) is 9.97 Å². The van der Waals surface area contributed by atoms with E-state index in [4.69, 9.17) is 17.3 Å². The predicted octanol–water partition coefficient (Wildman–Crippen LogP) is 2.30. The van der Waals surface area contributed by atoms with E-state index in [2.05, 4.69) is 9.97 Å². The van der Waals surface area contributed by atoms with Crippen LogP contribution in [0, 0.1) is 0 Å². The topological polar surface area (TPSA) is 71.8 Å². The molecule has 0 amide bonds. The number of thioether (sulfide) groups is 1. The molecule has 3 N–H and O–H groups in total. The zero-order valence-corrected chi connectivity index (χ0v) is 10.4. The number of nitrogens with two attached hydrogens (primary N) is 1. The van der Waals surface area contributed by atoms with Crippen molar-refractivity contribution >= 4 is 29.2 Å². The summed E-state index contributed by atoms with van der Waals surface area (Å²) in [5.74, 6) is 1.36. The molecule has 0 unspecified atom stereocenters. The first-order valence-corrected chi connectivity index (χ1v) is 6.24. The van der Waals surface area contributed by atoms with Crippen LogP contribution in [0.4, 0.5) is 5.82 Å². The second-order valence-electron chi connectivity index (χ2n) is 3.36. The van der Waals surface area contributed by atoms with Crippen molar-refractivity contribution in [3.63, 3.8) is 0 Å². The predicted molar refractivity (Wildman–Crippen MR) is 70.3 cm³/mol. The van der Waals surface area contributed by atoms with E-state index >= 15 is 0 Å². The van der Waals surface area contributed by atoms with Gasteiger partial charge in [-0.1, -0.05) is 11.6 Å². The number of H-pyrrole nitrogens is 1. The second-order valence-corrected chi connectivity index (χ2v) is 4.84. The first kappa shape index (κ1) is 12.0. The third kappa shape index (κ3) is 3.51. The number of hydrogen-bond acceptors (Lipinski definition) is 4. The number of nitrogens with zero attached hydrogens (tertiary/aromatic N) is 1. The molecule has 0 aliphatic heterocycles. The molecule has 0 atom stereocenters. The largest absolute Gasteiger partial charge is 0.383 e. The molecule has 17 heavy (non-hydrogen) atoms. The Labute approximate surface area is 107 Å². The molecule has 2 rings (SSSR count). The lowest BCUT2D eigenvalue weighted by Crippen LogP contribution is -2.11. The smallest absolute Gasteiger partial charge is 0.252 e. The minimum atomic E-state index is -0.232. The zero-order valence-electron chi connectivity index (χ0n) is 8.81. The molecule has 0 fully saturated rings. The van der Waals surface area contributed by atoms with Gasteiger partial charge in [0.2, 0.25) is 0 Å². The number of aromatic nitrogens is 2. The summed E-state index contributed by atoms with van der Waals surface area (Å²) >= 11 is 7.34. The molecule has 1 aromatic carbocycles. The van der Waals surface area contributed by atoms with Gasteiger partial charge in [-0.15, -0.1) is 11.8 Å². The molecule has 0 bridgehead atoms. The molecule has 4 nitrogen and oxygen atoms in total. The van der Waals surface area contributed by atoms with Crippen molar-refractivity contribution in [1.29, 1.82) is 0 Å². The van der Waals surface area contributed by atoms with Gasteiger partial charge in [0.1, 0.15) is 11.6 Å². The van der Waals surface area contributed by atoms with Gasteiger partial charge in [-0.3, -0.25) is 4.79 Å². The van der Waals surface area contributed by atoms with Crippen LogP contribution in [0.3, 0.4) is 0 Å². The van der Waals surface area contributed by atoms with E-state index in [0.29, 0.717) is 16.6 Å².